The van der Waals surface area contributed by atoms with Gasteiger partial charge in [-0.2, -0.15) is 5.26 Å². The summed E-state index contributed by atoms with van der Waals surface area (Å²) in [5.41, 5.74) is 0.574. The standard InChI is InChI=1S/C11H8N2O2/c12-7-9-2-1-3-10(6-9)14-8-11-4-5-13-15-11/h1-6H,8H2. The molecule has 0 N–H and O–H groups in total. The van der Waals surface area contributed by atoms with Gasteiger partial charge in [-0.05, 0) is 18.2 Å². The van der Waals surface area contributed by atoms with E-state index in [2.05, 4.69) is 5.16 Å². The maximum atomic E-state index is 8.68. The van der Waals surface area contributed by atoms with Gasteiger partial charge in [0.05, 0.1) is 17.8 Å². The second-order valence-electron chi connectivity index (χ2n) is 2.91. The van der Waals surface area contributed by atoms with Gasteiger partial charge >= 0.3 is 0 Å². The molecule has 4 heteroatoms. The molecule has 0 aliphatic rings. The van der Waals surface area contributed by atoms with Crippen LogP contribution in [-0.2, 0) is 6.61 Å². The molecule has 1 aromatic heterocycles. The molecule has 0 fully saturated rings. The van der Waals surface area contributed by atoms with Crippen LogP contribution < -0.4 is 4.74 Å². The summed E-state index contributed by atoms with van der Waals surface area (Å²) < 4.78 is 10.3. The molecule has 1 aromatic carbocycles. The summed E-state index contributed by atoms with van der Waals surface area (Å²) in [6, 6.07) is 10.7. The fourth-order valence-electron chi connectivity index (χ4n) is 1.13. The zero-order valence-electron chi connectivity index (χ0n) is 7.88. The van der Waals surface area contributed by atoms with E-state index in [1.54, 1.807) is 36.5 Å². The maximum absolute atomic E-state index is 8.68. The number of benzene rings is 1. The average molecular weight is 200 g/mol. The van der Waals surface area contributed by atoms with Gasteiger partial charge in [0.15, 0.2) is 5.76 Å². The quantitative estimate of drug-likeness (QED) is 0.761. The Morgan fingerprint density at radius 1 is 1.40 bits per heavy atom. The predicted molar refractivity (Wildman–Crippen MR) is 52.0 cm³/mol. The smallest absolute Gasteiger partial charge is 0.174 e. The Bertz CT molecular complexity index is 472. The van der Waals surface area contributed by atoms with Crippen molar-refractivity contribution in [3.8, 4) is 11.8 Å². The van der Waals surface area contributed by atoms with Crippen LogP contribution in [0, 0.1) is 11.3 Å². The third kappa shape index (κ3) is 2.35. The first-order chi connectivity index (χ1) is 7.38. The van der Waals surface area contributed by atoms with Crippen LogP contribution in [0.5, 0.6) is 5.75 Å². The second kappa shape index (κ2) is 4.29. The molecule has 2 aromatic rings. The highest BCUT2D eigenvalue weighted by molar-refractivity contribution is 5.36. The highest BCUT2D eigenvalue weighted by atomic mass is 16.5. The minimum Gasteiger partial charge on any atom is -0.486 e. The number of aromatic nitrogens is 1. The van der Waals surface area contributed by atoms with Crippen molar-refractivity contribution in [1.82, 2.24) is 5.16 Å². The zero-order chi connectivity index (χ0) is 10.5. The van der Waals surface area contributed by atoms with Crippen molar-refractivity contribution in [3.05, 3.63) is 47.9 Å². The first-order valence-electron chi connectivity index (χ1n) is 4.41. The van der Waals surface area contributed by atoms with Gasteiger partial charge in [0, 0.05) is 6.07 Å². The first-order valence-corrected chi connectivity index (χ1v) is 4.41. The van der Waals surface area contributed by atoms with Gasteiger partial charge in [-0.3, -0.25) is 0 Å². The Hall–Kier alpha value is -2.28. The lowest BCUT2D eigenvalue weighted by atomic mass is 10.2. The molecule has 0 bridgehead atoms. The number of rotatable bonds is 3. The highest BCUT2D eigenvalue weighted by Crippen LogP contribution is 2.14. The van der Waals surface area contributed by atoms with Gasteiger partial charge in [0.1, 0.15) is 12.4 Å². The van der Waals surface area contributed by atoms with Crippen molar-refractivity contribution in [2.45, 2.75) is 6.61 Å². The van der Waals surface area contributed by atoms with Crippen LogP contribution in [0.1, 0.15) is 11.3 Å². The summed E-state index contributed by atoms with van der Waals surface area (Å²) in [6.45, 7) is 0.314. The van der Waals surface area contributed by atoms with Crippen LogP contribution in [0.3, 0.4) is 0 Å². The van der Waals surface area contributed by atoms with Gasteiger partial charge in [-0.1, -0.05) is 11.2 Å². The molecular formula is C11H8N2O2. The normalized spacial score (nSPS) is 9.53. The first kappa shape index (κ1) is 9.28. The topological polar surface area (TPSA) is 59.0 Å². The SMILES string of the molecule is N#Cc1cccc(OCc2ccno2)c1. The van der Waals surface area contributed by atoms with E-state index in [0.717, 1.165) is 0 Å². The van der Waals surface area contributed by atoms with E-state index < -0.39 is 0 Å². The zero-order valence-corrected chi connectivity index (χ0v) is 7.88. The van der Waals surface area contributed by atoms with E-state index >= 15 is 0 Å². The fourth-order valence-corrected chi connectivity index (χ4v) is 1.13. The highest BCUT2D eigenvalue weighted by Gasteiger charge is 1.99. The van der Waals surface area contributed by atoms with Crippen molar-refractivity contribution in [2.24, 2.45) is 0 Å². The van der Waals surface area contributed by atoms with E-state index in [1.165, 1.54) is 0 Å². The van der Waals surface area contributed by atoms with Crippen molar-refractivity contribution in [1.29, 1.82) is 5.26 Å². The molecule has 0 aliphatic heterocycles. The summed E-state index contributed by atoms with van der Waals surface area (Å²) in [4.78, 5) is 0. The van der Waals surface area contributed by atoms with Crippen molar-refractivity contribution in [2.75, 3.05) is 0 Å². The summed E-state index contributed by atoms with van der Waals surface area (Å²) in [7, 11) is 0. The third-order valence-corrected chi connectivity index (χ3v) is 1.84. The molecule has 0 unspecified atom stereocenters. The van der Waals surface area contributed by atoms with Crippen LogP contribution in [0.15, 0.2) is 41.1 Å². The van der Waals surface area contributed by atoms with Gasteiger partial charge < -0.3 is 9.26 Å². The van der Waals surface area contributed by atoms with Gasteiger partial charge in [0.2, 0.25) is 0 Å². The molecule has 0 amide bonds. The molecule has 74 valence electrons. The minimum absolute atomic E-state index is 0.314. The lowest BCUT2D eigenvalue weighted by molar-refractivity contribution is 0.249. The lowest BCUT2D eigenvalue weighted by Crippen LogP contribution is -1.93. The molecule has 15 heavy (non-hydrogen) atoms. The molecular weight excluding hydrogens is 192 g/mol. The fraction of sp³-hybridized carbons (Fsp3) is 0.0909. The predicted octanol–water partition coefficient (Wildman–Crippen LogP) is 2.13. The van der Waals surface area contributed by atoms with Crippen LogP contribution in [-0.4, -0.2) is 5.16 Å². The third-order valence-electron chi connectivity index (χ3n) is 1.84. The molecule has 0 atom stereocenters. The van der Waals surface area contributed by atoms with Gasteiger partial charge in [-0.15, -0.1) is 0 Å². The van der Waals surface area contributed by atoms with Crippen LogP contribution in [0.25, 0.3) is 0 Å². The Balaban J connectivity index is 2.02. The maximum Gasteiger partial charge on any atom is 0.174 e. The number of hydrogen-bond acceptors (Lipinski definition) is 4. The summed E-state index contributed by atoms with van der Waals surface area (Å²) >= 11 is 0. The second-order valence-corrected chi connectivity index (χ2v) is 2.91. The monoisotopic (exact) mass is 200 g/mol. The molecule has 1 heterocycles. The molecule has 0 spiro atoms. The number of hydrogen-bond donors (Lipinski definition) is 0. The molecule has 0 saturated heterocycles. The van der Waals surface area contributed by atoms with Crippen LogP contribution in [0.4, 0.5) is 0 Å². The number of nitrogens with zero attached hydrogens (tertiary/aromatic N) is 2. The van der Waals surface area contributed by atoms with Gasteiger partial charge in [-0.25, -0.2) is 0 Å². The molecule has 0 aliphatic carbocycles. The molecule has 0 saturated carbocycles. The van der Waals surface area contributed by atoms with Crippen LogP contribution >= 0.6 is 0 Å². The van der Waals surface area contributed by atoms with Crippen molar-refractivity contribution < 1.29 is 9.26 Å². The molecule has 4 nitrogen and oxygen atoms in total. The van der Waals surface area contributed by atoms with E-state index in [1.807, 2.05) is 6.07 Å². The largest absolute Gasteiger partial charge is 0.486 e. The number of ether oxygens (including phenoxy) is 1. The van der Waals surface area contributed by atoms with E-state index in [-0.39, 0.29) is 0 Å². The summed E-state index contributed by atoms with van der Waals surface area (Å²) in [5.74, 6) is 1.29. The van der Waals surface area contributed by atoms with Crippen molar-refractivity contribution in [3.63, 3.8) is 0 Å². The van der Waals surface area contributed by atoms with Crippen LogP contribution in [0.2, 0.25) is 0 Å². The Morgan fingerprint density at radius 2 is 2.33 bits per heavy atom. The van der Waals surface area contributed by atoms with Crippen molar-refractivity contribution >= 4 is 0 Å². The van der Waals surface area contributed by atoms with Gasteiger partial charge in [0.25, 0.3) is 0 Å². The Labute approximate surface area is 86.7 Å². The van der Waals surface area contributed by atoms with E-state index in [9.17, 15) is 0 Å². The Morgan fingerprint density at radius 3 is 3.07 bits per heavy atom. The molecule has 2 rings (SSSR count). The Kier molecular flexibility index (Phi) is 2.65. The minimum atomic E-state index is 0.314. The van der Waals surface area contributed by atoms with E-state index in [4.69, 9.17) is 14.5 Å². The lowest BCUT2D eigenvalue weighted by Gasteiger charge is -2.02. The average Bonchev–Trinajstić information content (AvgIpc) is 2.79. The number of nitriles is 1. The summed E-state index contributed by atoms with van der Waals surface area (Å²) in [5, 5.41) is 12.2. The molecule has 0 radical (unpaired) electrons. The summed E-state index contributed by atoms with van der Waals surface area (Å²) in [6.07, 6.45) is 1.56. The van der Waals surface area contributed by atoms with E-state index in [0.29, 0.717) is 23.7 Å².